The molecule has 1 N–H and O–H groups in total. The molecule has 0 unspecified atom stereocenters. The minimum Gasteiger partial charge on any atom is -0.294 e. The number of nitrogens with zero attached hydrogens (tertiary/aromatic N) is 2. The zero-order valence-corrected chi connectivity index (χ0v) is 12.6. The summed E-state index contributed by atoms with van der Waals surface area (Å²) < 4.78 is 0. The van der Waals surface area contributed by atoms with Gasteiger partial charge in [0.05, 0.1) is 6.42 Å². The molecule has 5 nitrogen and oxygen atoms in total. The molecule has 0 aliphatic heterocycles. The number of rotatable bonds is 4. The second-order valence-corrected chi connectivity index (χ2v) is 5.27. The molecule has 0 saturated carbocycles. The quantitative estimate of drug-likeness (QED) is 0.752. The Bertz CT molecular complexity index is 884. The minimum atomic E-state index is -0.483. The summed E-state index contributed by atoms with van der Waals surface area (Å²) in [5, 5.41) is 6.76. The first-order valence-electron chi connectivity index (χ1n) is 7.24. The van der Waals surface area contributed by atoms with E-state index in [-0.39, 0.29) is 17.9 Å². The number of aromatic nitrogens is 3. The second kappa shape index (κ2) is 6.36. The van der Waals surface area contributed by atoms with Crippen molar-refractivity contribution in [2.45, 2.75) is 13.3 Å². The molecule has 114 valence electrons. The first-order valence-corrected chi connectivity index (χ1v) is 7.24. The molecule has 2 aromatic carbocycles. The van der Waals surface area contributed by atoms with E-state index in [4.69, 9.17) is 0 Å². The third-order valence-corrected chi connectivity index (χ3v) is 3.51. The molecule has 0 saturated heterocycles. The summed E-state index contributed by atoms with van der Waals surface area (Å²) in [4.78, 5) is 28.3. The van der Waals surface area contributed by atoms with Crippen LogP contribution >= 0.6 is 0 Å². The van der Waals surface area contributed by atoms with Gasteiger partial charge in [0.2, 0.25) is 0 Å². The van der Waals surface area contributed by atoms with Gasteiger partial charge in [0.15, 0.2) is 11.6 Å². The lowest BCUT2D eigenvalue weighted by atomic mass is 10.1. The van der Waals surface area contributed by atoms with Crippen molar-refractivity contribution in [3.05, 3.63) is 81.8 Å². The summed E-state index contributed by atoms with van der Waals surface area (Å²) in [5.41, 5.74) is 2.04. The van der Waals surface area contributed by atoms with Crippen LogP contribution in [0.15, 0.2) is 59.4 Å². The number of benzene rings is 2. The highest BCUT2D eigenvalue weighted by Crippen LogP contribution is 2.11. The number of hydrogen-bond donors (Lipinski definition) is 1. The molecular formula is C18H15N3O2. The van der Waals surface area contributed by atoms with Crippen molar-refractivity contribution in [1.29, 1.82) is 0 Å². The Kier molecular flexibility index (Phi) is 4.10. The fourth-order valence-corrected chi connectivity index (χ4v) is 2.19. The van der Waals surface area contributed by atoms with Crippen molar-refractivity contribution in [3.63, 3.8) is 0 Å². The molecule has 23 heavy (non-hydrogen) atoms. The molecule has 0 fully saturated rings. The van der Waals surface area contributed by atoms with Crippen molar-refractivity contribution < 1.29 is 4.79 Å². The molecule has 0 atom stereocenters. The maximum Gasteiger partial charge on any atom is 0.295 e. The molecule has 0 amide bonds. The third-order valence-electron chi connectivity index (χ3n) is 3.51. The molecule has 0 spiro atoms. The van der Waals surface area contributed by atoms with Gasteiger partial charge < -0.3 is 0 Å². The normalized spacial score (nSPS) is 10.5. The number of aromatic amines is 1. The van der Waals surface area contributed by atoms with E-state index in [2.05, 4.69) is 15.2 Å². The molecule has 0 aliphatic carbocycles. The number of Topliss-reactive ketones (excluding diaryl/α,β-unsaturated/α-hetero) is 1. The van der Waals surface area contributed by atoms with Crippen molar-refractivity contribution in [2.24, 2.45) is 0 Å². The van der Waals surface area contributed by atoms with E-state index in [0.29, 0.717) is 11.4 Å². The number of aryl methyl sites for hydroxylation is 1. The number of H-pyrrole nitrogens is 1. The molecule has 1 heterocycles. The predicted molar refractivity (Wildman–Crippen MR) is 87.3 cm³/mol. The smallest absolute Gasteiger partial charge is 0.294 e. The Morgan fingerprint density at radius 3 is 2.39 bits per heavy atom. The maximum atomic E-state index is 12.2. The average Bonchev–Trinajstić information content (AvgIpc) is 2.58. The van der Waals surface area contributed by atoms with Crippen molar-refractivity contribution in [2.75, 3.05) is 0 Å². The van der Waals surface area contributed by atoms with E-state index in [1.165, 1.54) is 0 Å². The summed E-state index contributed by atoms with van der Waals surface area (Å²) in [7, 11) is 0. The largest absolute Gasteiger partial charge is 0.295 e. The van der Waals surface area contributed by atoms with Gasteiger partial charge in [-0.2, -0.15) is 10.1 Å². The van der Waals surface area contributed by atoms with Crippen LogP contribution in [0.2, 0.25) is 0 Å². The van der Waals surface area contributed by atoms with Crippen molar-refractivity contribution >= 4 is 5.78 Å². The number of hydrogen-bond acceptors (Lipinski definition) is 4. The number of carbonyl (C=O) groups is 1. The minimum absolute atomic E-state index is 0.0690. The van der Waals surface area contributed by atoms with Crippen LogP contribution in [0.25, 0.3) is 11.4 Å². The van der Waals surface area contributed by atoms with E-state index in [9.17, 15) is 9.59 Å². The van der Waals surface area contributed by atoms with Crippen LogP contribution in [0.3, 0.4) is 0 Å². The number of carbonyl (C=O) groups excluding carboxylic acids is 1. The number of nitrogens with one attached hydrogen (secondary N) is 1. The van der Waals surface area contributed by atoms with Crippen LogP contribution in [-0.2, 0) is 6.42 Å². The van der Waals surface area contributed by atoms with Crippen LogP contribution in [-0.4, -0.2) is 21.0 Å². The topological polar surface area (TPSA) is 75.7 Å². The molecule has 0 radical (unpaired) electrons. The standard InChI is InChI=1S/C18H15N3O2/c1-12-7-9-13(10-8-12)16(22)11-15-18(23)19-17(21-20-15)14-5-3-2-4-6-14/h2-10H,11H2,1H3,(H,19,21,23). The van der Waals surface area contributed by atoms with Gasteiger partial charge in [-0.25, -0.2) is 0 Å². The predicted octanol–water partition coefficient (Wildman–Crippen LogP) is 2.57. The molecule has 3 rings (SSSR count). The van der Waals surface area contributed by atoms with Crippen LogP contribution in [0.4, 0.5) is 0 Å². The molecule has 3 aromatic rings. The summed E-state index contributed by atoms with van der Waals surface area (Å²) >= 11 is 0. The first kappa shape index (κ1) is 14.8. The van der Waals surface area contributed by atoms with Gasteiger partial charge >= 0.3 is 0 Å². The zero-order valence-electron chi connectivity index (χ0n) is 12.6. The lowest BCUT2D eigenvalue weighted by molar-refractivity contribution is 0.0991. The lowest BCUT2D eigenvalue weighted by Gasteiger charge is -2.03. The number of ketones is 1. The van der Waals surface area contributed by atoms with E-state index in [1.807, 2.05) is 49.4 Å². The zero-order chi connectivity index (χ0) is 16.2. The SMILES string of the molecule is Cc1ccc(C(=O)Cc2n[nH]c(-c3ccccc3)nc2=O)cc1. The van der Waals surface area contributed by atoms with Gasteiger partial charge in [0.1, 0.15) is 5.69 Å². The second-order valence-electron chi connectivity index (χ2n) is 5.27. The Balaban J connectivity index is 1.83. The van der Waals surface area contributed by atoms with Crippen LogP contribution < -0.4 is 5.56 Å². The molecule has 5 heteroatoms. The van der Waals surface area contributed by atoms with Crippen LogP contribution in [0.5, 0.6) is 0 Å². The highest BCUT2D eigenvalue weighted by atomic mass is 16.1. The highest BCUT2D eigenvalue weighted by Gasteiger charge is 2.13. The monoisotopic (exact) mass is 305 g/mol. The molecule has 0 bridgehead atoms. The summed E-state index contributed by atoms with van der Waals surface area (Å²) in [6.45, 7) is 1.95. The van der Waals surface area contributed by atoms with Gasteiger partial charge in [-0.3, -0.25) is 14.7 Å². The van der Waals surface area contributed by atoms with E-state index in [0.717, 1.165) is 11.1 Å². The first-order chi connectivity index (χ1) is 11.1. The van der Waals surface area contributed by atoms with Gasteiger partial charge in [-0.1, -0.05) is 60.2 Å². The van der Waals surface area contributed by atoms with Crippen LogP contribution in [0.1, 0.15) is 21.6 Å². The average molecular weight is 305 g/mol. The third kappa shape index (κ3) is 3.40. The Labute approximate surface area is 133 Å². The van der Waals surface area contributed by atoms with E-state index >= 15 is 0 Å². The Morgan fingerprint density at radius 1 is 1.04 bits per heavy atom. The highest BCUT2D eigenvalue weighted by molar-refractivity contribution is 5.97. The lowest BCUT2D eigenvalue weighted by Crippen LogP contribution is -2.20. The van der Waals surface area contributed by atoms with Gasteiger partial charge in [0.25, 0.3) is 5.56 Å². The van der Waals surface area contributed by atoms with Crippen molar-refractivity contribution in [3.8, 4) is 11.4 Å². The van der Waals surface area contributed by atoms with Gasteiger partial charge in [-0.05, 0) is 6.92 Å². The van der Waals surface area contributed by atoms with Crippen molar-refractivity contribution in [1.82, 2.24) is 15.2 Å². The summed E-state index contributed by atoms with van der Waals surface area (Å²) in [6.07, 6.45) is -0.0690. The molecule has 0 aliphatic rings. The molecule has 1 aromatic heterocycles. The van der Waals surface area contributed by atoms with E-state index < -0.39 is 5.56 Å². The Morgan fingerprint density at radius 2 is 1.74 bits per heavy atom. The molecular weight excluding hydrogens is 290 g/mol. The maximum absolute atomic E-state index is 12.2. The van der Waals surface area contributed by atoms with E-state index in [1.54, 1.807) is 12.1 Å². The fraction of sp³-hybridized carbons (Fsp3) is 0.111. The summed E-state index contributed by atoms with van der Waals surface area (Å²) in [6, 6.07) is 16.5. The summed E-state index contributed by atoms with van der Waals surface area (Å²) in [5.74, 6) is 0.236. The Hall–Kier alpha value is -3.08. The van der Waals surface area contributed by atoms with Gasteiger partial charge in [0, 0.05) is 11.1 Å². The fourth-order valence-electron chi connectivity index (χ4n) is 2.19. The van der Waals surface area contributed by atoms with Gasteiger partial charge in [-0.15, -0.1) is 0 Å². The van der Waals surface area contributed by atoms with Crippen LogP contribution in [0, 0.1) is 6.92 Å².